The lowest BCUT2D eigenvalue weighted by Crippen LogP contribution is -2.56. The van der Waals surface area contributed by atoms with Crippen molar-refractivity contribution in [3.63, 3.8) is 0 Å². The minimum Gasteiger partial charge on any atom is -0.508 e. The van der Waals surface area contributed by atoms with Crippen molar-refractivity contribution in [1.82, 2.24) is 10.2 Å². The molecule has 2 aromatic carbocycles. The normalized spacial score (nSPS) is 18.3. The number of nitrogens with one attached hydrogen (secondary N) is 1. The predicted octanol–water partition coefficient (Wildman–Crippen LogP) is 7.05. The summed E-state index contributed by atoms with van der Waals surface area (Å²) in [4.78, 5) is 27.1. The number of benzene rings is 2. The van der Waals surface area contributed by atoms with Crippen LogP contribution in [0.2, 0.25) is 0 Å². The fourth-order valence-electron chi connectivity index (χ4n) is 4.58. The summed E-state index contributed by atoms with van der Waals surface area (Å²) in [5.41, 5.74) is -4.91. The van der Waals surface area contributed by atoms with Crippen molar-refractivity contribution in [1.29, 1.82) is 0 Å². The van der Waals surface area contributed by atoms with E-state index in [1.807, 2.05) is 13.8 Å². The van der Waals surface area contributed by atoms with Gasteiger partial charge in [-0.05, 0) is 81.5 Å². The van der Waals surface area contributed by atoms with Crippen molar-refractivity contribution in [2.45, 2.75) is 83.5 Å². The number of phenols is 1. The van der Waals surface area contributed by atoms with Crippen LogP contribution in [-0.2, 0) is 16.8 Å². The zero-order chi connectivity index (χ0) is 34.7. The molecule has 1 saturated heterocycles. The van der Waals surface area contributed by atoms with Gasteiger partial charge in [0.2, 0.25) is 0 Å². The minimum absolute atomic E-state index is 0.0167. The first-order valence-electron chi connectivity index (χ1n) is 14.4. The first-order chi connectivity index (χ1) is 21.2. The van der Waals surface area contributed by atoms with Crippen LogP contribution in [0.5, 0.6) is 17.2 Å². The summed E-state index contributed by atoms with van der Waals surface area (Å²) < 4.78 is 89.4. The second-order valence-electron chi connectivity index (χ2n) is 11.3. The van der Waals surface area contributed by atoms with E-state index >= 15 is 0 Å². The van der Waals surface area contributed by atoms with E-state index in [4.69, 9.17) is 9.47 Å². The molecule has 2 aromatic rings. The molecule has 0 aromatic heterocycles. The second-order valence-corrected chi connectivity index (χ2v) is 11.3. The summed E-state index contributed by atoms with van der Waals surface area (Å²) in [5.74, 6) is -0.229. The Bertz CT molecular complexity index is 1470. The lowest BCUT2D eigenvalue weighted by Gasteiger charge is -2.31. The molecule has 1 fully saturated rings. The SMILES string of the molecule is CC/C(C)=C(/C=C\CC(O)(C(F)(F)F)C(F)(F)F)Oc1ccc(CCN2C(=O)NC(C)(c3ccc(OC(C)C)cc3)C2=O)c(O)c1. The van der Waals surface area contributed by atoms with Crippen molar-refractivity contribution in [3.8, 4) is 17.2 Å². The summed E-state index contributed by atoms with van der Waals surface area (Å²) in [5, 5.41) is 22.7. The van der Waals surface area contributed by atoms with Gasteiger partial charge in [0, 0.05) is 19.0 Å². The van der Waals surface area contributed by atoms with Crippen LogP contribution < -0.4 is 14.8 Å². The van der Waals surface area contributed by atoms with Crippen LogP contribution >= 0.6 is 0 Å². The van der Waals surface area contributed by atoms with Crippen molar-refractivity contribution >= 4 is 11.9 Å². The number of alkyl halides is 6. The third-order valence-corrected chi connectivity index (χ3v) is 7.54. The topological polar surface area (TPSA) is 108 Å². The Kier molecular flexibility index (Phi) is 10.8. The van der Waals surface area contributed by atoms with E-state index in [-0.39, 0.29) is 36.3 Å². The number of aliphatic hydroxyl groups is 1. The molecule has 0 aliphatic carbocycles. The number of carbonyl (C=O) groups excluding carboxylic acids is 2. The highest BCUT2D eigenvalue weighted by molar-refractivity contribution is 6.07. The number of hydrogen-bond donors (Lipinski definition) is 3. The number of phenolic OH excluding ortho intramolecular Hbond substituents is 1. The average molecular weight is 659 g/mol. The molecule has 3 amide bonds. The monoisotopic (exact) mass is 658 g/mol. The fourth-order valence-corrected chi connectivity index (χ4v) is 4.58. The van der Waals surface area contributed by atoms with Gasteiger partial charge in [-0.2, -0.15) is 26.3 Å². The van der Waals surface area contributed by atoms with Gasteiger partial charge in [0.1, 0.15) is 28.5 Å². The summed E-state index contributed by atoms with van der Waals surface area (Å²) in [6, 6.07) is 10.2. The number of amides is 3. The average Bonchev–Trinajstić information content (AvgIpc) is 3.17. The third-order valence-electron chi connectivity index (χ3n) is 7.54. The van der Waals surface area contributed by atoms with Gasteiger partial charge in [-0.1, -0.05) is 31.2 Å². The summed E-state index contributed by atoms with van der Waals surface area (Å²) >= 11 is 0. The van der Waals surface area contributed by atoms with Crippen molar-refractivity contribution < 1.29 is 55.6 Å². The predicted molar refractivity (Wildman–Crippen MR) is 156 cm³/mol. The Balaban J connectivity index is 1.71. The molecule has 14 heteroatoms. The smallest absolute Gasteiger partial charge is 0.426 e. The molecule has 3 rings (SSSR count). The van der Waals surface area contributed by atoms with Gasteiger partial charge in [-0.25, -0.2) is 4.79 Å². The standard InChI is InChI=1S/C32H36F6N2O6/c1-6-20(4)26(8-7-16-30(44,31(33,34)35)32(36,37)38)46-24-12-9-21(25(41)18-24)15-17-40-27(42)29(5,39-28(40)43)22-10-13-23(14-11-22)45-19(2)3/h7-14,18-19,41,44H,6,15-17H2,1-5H3,(H,39,43)/b8-7-,26-20-. The Morgan fingerprint density at radius 2 is 1.61 bits per heavy atom. The van der Waals surface area contributed by atoms with Crippen molar-refractivity contribution in [2.75, 3.05) is 6.54 Å². The van der Waals surface area contributed by atoms with E-state index in [1.165, 1.54) is 18.2 Å². The van der Waals surface area contributed by atoms with E-state index < -0.39 is 41.9 Å². The molecule has 8 nitrogen and oxygen atoms in total. The van der Waals surface area contributed by atoms with E-state index in [2.05, 4.69) is 5.32 Å². The molecule has 252 valence electrons. The summed E-state index contributed by atoms with van der Waals surface area (Å²) in [6.07, 6.45) is -12.0. The number of hydrogen-bond acceptors (Lipinski definition) is 6. The first kappa shape index (κ1) is 36.3. The van der Waals surface area contributed by atoms with Crippen molar-refractivity contribution in [2.24, 2.45) is 0 Å². The number of nitrogens with zero attached hydrogens (tertiary/aromatic N) is 1. The molecular formula is C32H36F6N2O6. The van der Waals surface area contributed by atoms with Crippen LogP contribution in [0.25, 0.3) is 0 Å². The number of ether oxygens (including phenoxy) is 2. The molecule has 0 saturated carbocycles. The van der Waals surface area contributed by atoms with E-state index in [0.717, 1.165) is 11.0 Å². The van der Waals surface area contributed by atoms with Gasteiger partial charge in [0.05, 0.1) is 6.10 Å². The molecule has 0 bridgehead atoms. The van der Waals surface area contributed by atoms with Crippen LogP contribution in [0, 0.1) is 0 Å². The quantitative estimate of drug-likeness (QED) is 0.0977. The third kappa shape index (κ3) is 7.77. The van der Waals surface area contributed by atoms with Crippen molar-refractivity contribution in [3.05, 3.63) is 77.1 Å². The number of urea groups is 1. The molecule has 1 unspecified atom stereocenters. The molecule has 1 aliphatic heterocycles. The Hall–Kier alpha value is -4.20. The van der Waals surface area contributed by atoms with Crippen LogP contribution in [0.15, 0.2) is 65.9 Å². The number of imide groups is 1. The van der Waals surface area contributed by atoms with Crippen LogP contribution in [-0.4, -0.2) is 57.7 Å². The van der Waals surface area contributed by atoms with Gasteiger partial charge in [-0.3, -0.25) is 9.69 Å². The number of carbonyl (C=O) groups is 2. The number of allylic oxidation sites excluding steroid dienone is 2. The number of rotatable bonds is 12. The highest BCUT2D eigenvalue weighted by Crippen LogP contribution is 2.45. The lowest BCUT2D eigenvalue weighted by atomic mass is 9.92. The van der Waals surface area contributed by atoms with E-state index in [0.29, 0.717) is 34.9 Å². The van der Waals surface area contributed by atoms with Crippen LogP contribution in [0.4, 0.5) is 31.1 Å². The zero-order valence-electron chi connectivity index (χ0n) is 25.8. The highest BCUT2D eigenvalue weighted by Gasteiger charge is 2.69. The van der Waals surface area contributed by atoms with Crippen LogP contribution in [0.1, 0.15) is 58.6 Å². The summed E-state index contributed by atoms with van der Waals surface area (Å²) in [7, 11) is 0. The molecule has 46 heavy (non-hydrogen) atoms. The zero-order valence-corrected chi connectivity index (χ0v) is 25.8. The van der Waals surface area contributed by atoms with Gasteiger partial charge in [0.15, 0.2) is 0 Å². The lowest BCUT2D eigenvalue weighted by molar-refractivity contribution is -0.366. The molecule has 0 radical (unpaired) electrons. The molecule has 1 atom stereocenters. The maximum absolute atomic E-state index is 13.3. The minimum atomic E-state index is -5.96. The van der Waals surface area contributed by atoms with Gasteiger partial charge < -0.3 is 25.0 Å². The largest absolute Gasteiger partial charge is 0.508 e. The first-order valence-corrected chi connectivity index (χ1v) is 14.4. The highest BCUT2D eigenvalue weighted by atomic mass is 19.4. The Morgan fingerprint density at radius 3 is 2.13 bits per heavy atom. The second kappa shape index (κ2) is 13.7. The fraction of sp³-hybridized carbons (Fsp3) is 0.438. The number of aromatic hydroxyl groups is 1. The number of halogens is 6. The molecular weight excluding hydrogens is 622 g/mol. The van der Waals surface area contributed by atoms with E-state index in [9.17, 15) is 46.1 Å². The Morgan fingerprint density at radius 1 is 1.02 bits per heavy atom. The molecule has 1 aliphatic rings. The van der Waals surface area contributed by atoms with Gasteiger partial charge in [-0.15, -0.1) is 0 Å². The molecule has 1 heterocycles. The van der Waals surface area contributed by atoms with Gasteiger partial charge in [0.25, 0.3) is 11.5 Å². The van der Waals surface area contributed by atoms with E-state index in [1.54, 1.807) is 45.0 Å². The summed E-state index contributed by atoms with van der Waals surface area (Å²) in [6.45, 7) is 8.50. The molecule has 0 spiro atoms. The molecule has 3 N–H and O–H groups in total. The Labute approximate surface area is 262 Å². The van der Waals surface area contributed by atoms with Crippen LogP contribution in [0.3, 0.4) is 0 Å². The maximum atomic E-state index is 13.3. The maximum Gasteiger partial charge on any atom is 0.426 e. The van der Waals surface area contributed by atoms with Gasteiger partial charge >= 0.3 is 18.4 Å².